The maximum atomic E-state index is 3.19. The summed E-state index contributed by atoms with van der Waals surface area (Å²) in [5.74, 6) is 0. The van der Waals surface area contributed by atoms with Crippen molar-refractivity contribution in [3.05, 3.63) is 23.8 Å². The van der Waals surface area contributed by atoms with Crippen molar-refractivity contribution in [3.8, 4) is 0 Å². The highest BCUT2D eigenvalue weighted by molar-refractivity contribution is 5.61. The van der Waals surface area contributed by atoms with Gasteiger partial charge in [0, 0.05) is 31.0 Å². The van der Waals surface area contributed by atoms with Crippen LogP contribution in [0.3, 0.4) is 0 Å². The zero-order chi connectivity index (χ0) is 11.5. The molecule has 1 aromatic rings. The van der Waals surface area contributed by atoms with Crippen LogP contribution in [0.4, 0.5) is 11.4 Å². The summed E-state index contributed by atoms with van der Waals surface area (Å²) in [6, 6.07) is 7.34. The third kappa shape index (κ3) is 2.16. The fraction of sp³-hybridized carbons (Fsp3) is 0.571. The predicted molar refractivity (Wildman–Crippen MR) is 71.4 cm³/mol. The lowest BCUT2D eigenvalue weighted by Crippen LogP contribution is -2.37. The lowest BCUT2D eigenvalue weighted by molar-refractivity contribution is 0.484. The Morgan fingerprint density at radius 1 is 1.31 bits per heavy atom. The molecule has 88 valence electrons. The third-order valence-electron chi connectivity index (χ3n) is 3.60. The summed E-state index contributed by atoms with van der Waals surface area (Å²) in [7, 11) is 1.97. The topological polar surface area (TPSA) is 15.3 Å². The molecule has 0 aromatic heterocycles. The maximum absolute atomic E-state index is 3.19. The Hall–Kier alpha value is -1.18. The highest BCUT2D eigenvalue weighted by Crippen LogP contribution is 2.29. The van der Waals surface area contributed by atoms with Crippen molar-refractivity contribution < 1.29 is 0 Å². The summed E-state index contributed by atoms with van der Waals surface area (Å²) in [6.07, 6.45) is 4.04. The molecule has 0 saturated carbocycles. The smallest absolute Gasteiger partial charge is 0.0399 e. The largest absolute Gasteiger partial charge is 0.388 e. The van der Waals surface area contributed by atoms with Gasteiger partial charge < -0.3 is 10.2 Å². The Morgan fingerprint density at radius 3 is 2.75 bits per heavy atom. The van der Waals surface area contributed by atoms with E-state index in [1.807, 2.05) is 7.05 Å². The van der Waals surface area contributed by atoms with Crippen LogP contribution in [0.2, 0.25) is 0 Å². The Bertz CT molecular complexity index is 360. The molecule has 16 heavy (non-hydrogen) atoms. The third-order valence-corrected chi connectivity index (χ3v) is 3.60. The van der Waals surface area contributed by atoms with Crippen LogP contribution in [0.15, 0.2) is 18.2 Å². The van der Waals surface area contributed by atoms with Gasteiger partial charge in [0.05, 0.1) is 0 Å². The van der Waals surface area contributed by atoms with Crippen LogP contribution < -0.4 is 10.2 Å². The van der Waals surface area contributed by atoms with E-state index in [1.54, 1.807) is 0 Å². The van der Waals surface area contributed by atoms with Crippen molar-refractivity contribution in [2.24, 2.45) is 0 Å². The second-order valence-corrected chi connectivity index (χ2v) is 4.79. The first-order chi connectivity index (χ1) is 7.72. The Labute approximate surface area is 98.7 Å². The molecule has 2 nitrogen and oxygen atoms in total. The number of hydrogen-bond donors (Lipinski definition) is 1. The predicted octanol–water partition coefficient (Wildman–Crippen LogP) is 3.42. The Balaban J connectivity index is 2.25. The first kappa shape index (κ1) is 11.3. The maximum Gasteiger partial charge on any atom is 0.0399 e. The molecule has 1 aliphatic rings. The number of nitrogens with one attached hydrogen (secondary N) is 1. The molecule has 0 amide bonds. The van der Waals surface area contributed by atoms with Crippen LogP contribution in [-0.4, -0.2) is 19.6 Å². The van der Waals surface area contributed by atoms with E-state index in [0.717, 1.165) is 0 Å². The van der Waals surface area contributed by atoms with Crippen molar-refractivity contribution in [2.75, 3.05) is 23.8 Å². The van der Waals surface area contributed by atoms with E-state index in [1.165, 1.54) is 42.7 Å². The molecule has 1 saturated heterocycles. The van der Waals surface area contributed by atoms with Gasteiger partial charge in [0.15, 0.2) is 0 Å². The lowest BCUT2D eigenvalue weighted by atomic mass is 10.0. The van der Waals surface area contributed by atoms with E-state index < -0.39 is 0 Å². The van der Waals surface area contributed by atoms with Crippen molar-refractivity contribution >= 4 is 11.4 Å². The van der Waals surface area contributed by atoms with E-state index in [0.29, 0.717) is 6.04 Å². The molecule has 2 rings (SSSR count). The summed E-state index contributed by atoms with van der Waals surface area (Å²) in [5.41, 5.74) is 3.98. The molecule has 2 heteroatoms. The fourth-order valence-electron chi connectivity index (χ4n) is 2.59. The van der Waals surface area contributed by atoms with Gasteiger partial charge in [-0.3, -0.25) is 0 Å². The van der Waals surface area contributed by atoms with Gasteiger partial charge in [-0.15, -0.1) is 0 Å². The first-order valence-corrected chi connectivity index (χ1v) is 6.27. The number of piperidine rings is 1. The molecule has 0 spiro atoms. The van der Waals surface area contributed by atoms with Crippen LogP contribution in [0, 0.1) is 6.92 Å². The molecule has 0 aliphatic carbocycles. The Morgan fingerprint density at radius 2 is 2.12 bits per heavy atom. The number of rotatable bonds is 2. The van der Waals surface area contributed by atoms with Crippen LogP contribution in [0.5, 0.6) is 0 Å². The standard InChI is InChI=1S/C14H22N2/c1-11-10-13(15-3)7-8-14(11)16-9-5-4-6-12(16)2/h7-8,10,12,15H,4-6,9H2,1-3H3/t12-/m1/s1. The quantitative estimate of drug-likeness (QED) is 0.818. The summed E-state index contributed by atoms with van der Waals surface area (Å²) < 4.78 is 0. The second kappa shape index (κ2) is 4.77. The van der Waals surface area contributed by atoms with Gasteiger partial charge in [-0.05, 0) is 56.9 Å². The molecule has 1 fully saturated rings. The van der Waals surface area contributed by atoms with Crippen LogP contribution in [0.25, 0.3) is 0 Å². The van der Waals surface area contributed by atoms with E-state index in [-0.39, 0.29) is 0 Å². The van der Waals surface area contributed by atoms with E-state index in [9.17, 15) is 0 Å². The SMILES string of the molecule is CNc1ccc(N2CCCC[C@H]2C)c(C)c1. The lowest BCUT2D eigenvalue weighted by Gasteiger charge is -2.36. The van der Waals surface area contributed by atoms with Gasteiger partial charge in [0.1, 0.15) is 0 Å². The molecule has 0 bridgehead atoms. The molecule has 0 unspecified atom stereocenters. The van der Waals surface area contributed by atoms with Gasteiger partial charge in [-0.1, -0.05) is 0 Å². The molecule has 1 heterocycles. The van der Waals surface area contributed by atoms with Crippen molar-refractivity contribution in [2.45, 2.75) is 39.2 Å². The highest BCUT2D eigenvalue weighted by Gasteiger charge is 2.19. The molecule has 1 aliphatic heterocycles. The number of anilines is 2. The molecule has 1 atom stereocenters. The minimum absolute atomic E-state index is 0.688. The molecular weight excluding hydrogens is 196 g/mol. The minimum atomic E-state index is 0.688. The van der Waals surface area contributed by atoms with Gasteiger partial charge in [-0.25, -0.2) is 0 Å². The number of nitrogens with zero attached hydrogens (tertiary/aromatic N) is 1. The van der Waals surface area contributed by atoms with E-state index >= 15 is 0 Å². The van der Waals surface area contributed by atoms with E-state index in [4.69, 9.17) is 0 Å². The van der Waals surface area contributed by atoms with Crippen LogP contribution >= 0.6 is 0 Å². The summed E-state index contributed by atoms with van der Waals surface area (Å²) in [5, 5.41) is 3.19. The van der Waals surface area contributed by atoms with E-state index in [2.05, 4.69) is 42.3 Å². The summed E-state index contributed by atoms with van der Waals surface area (Å²) in [4.78, 5) is 2.55. The number of aryl methyl sites for hydroxylation is 1. The first-order valence-electron chi connectivity index (χ1n) is 6.27. The fourth-order valence-corrected chi connectivity index (χ4v) is 2.59. The zero-order valence-corrected chi connectivity index (χ0v) is 10.6. The van der Waals surface area contributed by atoms with Gasteiger partial charge in [0.25, 0.3) is 0 Å². The van der Waals surface area contributed by atoms with Crippen LogP contribution in [-0.2, 0) is 0 Å². The van der Waals surface area contributed by atoms with Crippen LogP contribution in [0.1, 0.15) is 31.7 Å². The highest BCUT2D eigenvalue weighted by atomic mass is 15.2. The number of hydrogen-bond acceptors (Lipinski definition) is 2. The zero-order valence-electron chi connectivity index (χ0n) is 10.6. The normalized spacial score (nSPS) is 20.9. The summed E-state index contributed by atoms with van der Waals surface area (Å²) in [6.45, 7) is 5.75. The Kier molecular flexibility index (Phi) is 3.37. The monoisotopic (exact) mass is 218 g/mol. The summed E-state index contributed by atoms with van der Waals surface area (Å²) >= 11 is 0. The second-order valence-electron chi connectivity index (χ2n) is 4.79. The van der Waals surface area contributed by atoms with Gasteiger partial charge in [-0.2, -0.15) is 0 Å². The average Bonchev–Trinajstić information content (AvgIpc) is 2.30. The molecule has 1 N–H and O–H groups in total. The van der Waals surface area contributed by atoms with Gasteiger partial charge >= 0.3 is 0 Å². The minimum Gasteiger partial charge on any atom is -0.388 e. The molecule has 0 radical (unpaired) electrons. The van der Waals surface area contributed by atoms with Crippen molar-refractivity contribution in [3.63, 3.8) is 0 Å². The molecular formula is C14H22N2. The number of benzene rings is 1. The molecule has 1 aromatic carbocycles. The average molecular weight is 218 g/mol. The van der Waals surface area contributed by atoms with Crippen molar-refractivity contribution in [1.29, 1.82) is 0 Å². The van der Waals surface area contributed by atoms with Crippen molar-refractivity contribution in [1.82, 2.24) is 0 Å². The van der Waals surface area contributed by atoms with Gasteiger partial charge in [0.2, 0.25) is 0 Å².